The van der Waals surface area contributed by atoms with E-state index >= 15 is 0 Å². The third kappa shape index (κ3) is 3.32. The number of hydrogen-bond acceptors (Lipinski definition) is 3. The maximum atomic E-state index is 3.30. The molecule has 0 aromatic carbocycles. The molecule has 0 amide bonds. The Morgan fingerprint density at radius 2 is 1.58 bits per heavy atom. The minimum atomic E-state index is 0.907. The van der Waals surface area contributed by atoms with Crippen molar-refractivity contribution < 1.29 is 0 Å². The summed E-state index contributed by atoms with van der Waals surface area (Å²) in [5, 5.41) is 3.30. The number of nitrogens with zero attached hydrogens (tertiary/aromatic N) is 2. The molecule has 3 heterocycles. The van der Waals surface area contributed by atoms with Gasteiger partial charge in [-0.3, -0.25) is 0 Å². The lowest BCUT2D eigenvalue weighted by atomic mass is 9.89. The third-order valence-corrected chi connectivity index (χ3v) is 5.76. The summed E-state index contributed by atoms with van der Waals surface area (Å²) in [5.41, 5.74) is 0. The number of fused-ring (bicyclic) bond motifs is 1. The Labute approximate surface area is 118 Å². The van der Waals surface area contributed by atoms with Crippen LogP contribution in [-0.2, 0) is 0 Å². The lowest BCUT2D eigenvalue weighted by molar-refractivity contribution is 0.0612. The van der Waals surface area contributed by atoms with E-state index in [1.165, 1.54) is 77.7 Å². The summed E-state index contributed by atoms with van der Waals surface area (Å²) in [6.45, 7) is 6.68. The molecule has 0 aromatic rings. The Kier molecular flexibility index (Phi) is 4.78. The molecule has 0 aromatic heterocycles. The number of rotatable bonds is 4. The highest BCUT2D eigenvalue weighted by Gasteiger charge is 2.35. The Hall–Kier alpha value is -0.120. The van der Waals surface area contributed by atoms with Crippen molar-refractivity contribution in [1.82, 2.24) is 15.1 Å². The molecule has 3 aliphatic rings. The molecule has 2 unspecified atom stereocenters. The number of nitrogens with one attached hydrogen (secondary N) is 1. The highest BCUT2D eigenvalue weighted by atomic mass is 15.2. The number of piperidine rings is 2. The first kappa shape index (κ1) is 13.8. The van der Waals surface area contributed by atoms with Crippen LogP contribution in [0.5, 0.6) is 0 Å². The van der Waals surface area contributed by atoms with Crippen LogP contribution in [0, 0.1) is 5.92 Å². The van der Waals surface area contributed by atoms with Crippen molar-refractivity contribution in [3.05, 3.63) is 0 Å². The van der Waals surface area contributed by atoms with Gasteiger partial charge in [0, 0.05) is 12.1 Å². The molecule has 19 heavy (non-hydrogen) atoms. The van der Waals surface area contributed by atoms with Gasteiger partial charge in [-0.15, -0.1) is 0 Å². The van der Waals surface area contributed by atoms with E-state index < -0.39 is 0 Å². The maximum Gasteiger partial charge on any atom is 0.0122 e. The van der Waals surface area contributed by atoms with E-state index in [9.17, 15) is 0 Å². The Bertz CT molecular complexity index is 273. The fourth-order valence-electron chi connectivity index (χ4n) is 4.49. The summed E-state index contributed by atoms with van der Waals surface area (Å²) < 4.78 is 0. The van der Waals surface area contributed by atoms with E-state index in [2.05, 4.69) is 22.2 Å². The topological polar surface area (TPSA) is 18.5 Å². The number of hydrogen-bond donors (Lipinski definition) is 1. The molecule has 3 nitrogen and oxygen atoms in total. The Morgan fingerprint density at radius 1 is 0.895 bits per heavy atom. The van der Waals surface area contributed by atoms with Crippen LogP contribution in [0.4, 0.5) is 0 Å². The van der Waals surface area contributed by atoms with Gasteiger partial charge in [-0.1, -0.05) is 0 Å². The van der Waals surface area contributed by atoms with Gasteiger partial charge in [-0.25, -0.2) is 0 Å². The highest BCUT2D eigenvalue weighted by molar-refractivity contribution is 4.91. The molecule has 0 spiro atoms. The van der Waals surface area contributed by atoms with Crippen molar-refractivity contribution in [2.24, 2.45) is 5.92 Å². The van der Waals surface area contributed by atoms with Crippen molar-refractivity contribution >= 4 is 0 Å². The highest BCUT2D eigenvalue weighted by Crippen LogP contribution is 2.31. The van der Waals surface area contributed by atoms with Crippen LogP contribution < -0.4 is 5.32 Å². The zero-order valence-corrected chi connectivity index (χ0v) is 12.6. The lowest BCUT2D eigenvalue weighted by Crippen LogP contribution is -2.49. The SMILES string of the molecule is CNCCC1CCN(C2CCN3CCCC3C2)CC1. The predicted molar refractivity (Wildman–Crippen MR) is 80.5 cm³/mol. The standard InChI is InChI=1S/C16H31N3/c1-17-8-4-14-5-10-19(11-6-14)16-7-12-18-9-2-3-15(18)13-16/h14-17H,2-13H2,1H3. The van der Waals surface area contributed by atoms with E-state index in [1.807, 2.05) is 0 Å². The van der Waals surface area contributed by atoms with Gasteiger partial charge < -0.3 is 15.1 Å². The van der Waals surface area contributed by atoms with Gasteiger partial charge in [0.15, 0.2) is 0 Å². The fraction of sp³-hybridized carbons (Fsp3) is 1.00. The molecular formula is C16H31N3. The second-order valence-electron chi connectivity index (χ2n) is 6.88. The van der Waals surface area contributed by atoms with E-state index in [1.54, 1.807) is 0 Å². The van der Waals surface area contributed by atoms with Crippen LogP contribution in [0.1, 0.15) is 44.9 Å². The van der Waals surface area contributed by atoms with Gasteiger partial charge in [0.25, 0.3) is 0 Å². The molecule has 110 valence electrons. The van der Waals surface area contributed by atoms with Crippen LogP contribution in [-0.4, -0.2) is 61.7 Å². The lowest BCUT2D eigenvalue weighted by Gasteiger charge is -2.43. The van der Waals surface area contributed by atoms with Crippen LogP contribution in [0.2, 0.25) is 0 Å². The zero-order chi connectivity index (χ0) is 13.1. The normalized spacial score (nSPS) is 34.6. The van der Waals surface area contributed by atoms with Gasteiger partial charge in [0.05, 0.1) is 0 Å². The van der Waals surface area contributed by atoms with Crippen LogP contribution in [0.15, 0.2) is 0 Å². The Balaban J connectivity index is 1.44. The first-order valence-corrected chi connectivity index (χ1v) is 8.49. The van der Waals surface area contributed by atoms with Crippen LogP contribution >= 0.6 is 0 Å². The monoisotopic (exact) mass is 265 g/mol. The average molecular weight is 265 g/mol. The van der Waals surface area contributed by atoms with Crippen molar-refractivity contribution in [2.45, 2.75) is 57.0 Å². The molecule has 0 aliphatic carbocycles. The summed E-state index contributed by atoms with van der Waals surface area (Å²) >= 11 is 0. The largest absolute Gasteiger partial charge is 0.320 e. The first-order chi connectivity index (χ1) is 9.36. The van der Waals surface area contributed by atoms with E-state index in [4.69, 9.17) is 0 Å². The van der Waals surface area contributed by atoms with Gasteiger partial charge >= 0.3 is 0 Å². The smallest absolute Gasteiger partial charge is 0.0122 e. The molecule has 3 fully saturated rings. The molecule has 3 rings (SSSR count). The second-order valence-corrected chi connectivity index (χ2v) is 6.88. The van der Waals surface area contributed by atoms with Crippen molar-refractivity contribution in [3.63, 3.8) is 0 Å². The zero-order valence-electron chi connectivity index (χ0n) is 12.6. The Morgan fingerprint density at radius 3 is 2.37 bits per heavy atom. The summed E-state index contributed by atoms with van der Waals surface area (Å²) in [4.78, 5) is 5.57. The molecule has 0 bridgehead atoms. The van der Waals surface area contributed by atoms with E-state index in [0.29, 0.717) is 0 Å². The first-order valence-electron chi connectivity index (χ1n) is 8.49. The van der Waals surface area contributed by atoms with Crippen molar-refractivity contribution in [2.75, 3.05) is 39.8 Å². The van der Waals surface area contributed by atoms with E-state index in [-0.39, 0.29) is 0 Å². The van der Waals surface area contributed by atoms with E-state index in [0.717, 1.165) is 18.0 Å². The van der Waals surface area contributed by atoms with Crippen LogP contribution in [0.25, 0.3) is 0 Å². The van der Waals surface area contributed by atoms with Crippen LogP contribution in [0.3, 0.4) is 0 Å². The van der Waals surface area contributed by atoms with Gasteiger partial charge in [0.2, 0.25) is 0 Å². The van der Waals surface area contributed by atoms with Crippen molar-refractivity contribution in [1.29, 1.82) is 0 Å². The molecule has 3 aliphatic heterocycles. The number of likely N-dealkylation sites (tertiary alicyclic amines) is 1. The quantitative estimate of drug-likeness (QED) is 0.838. The summed E-state index contributed by atoms with van der Waals surface area (Å²) in [7, 11) is 2.07. The summed E-state index contributed by atoms with van der Waals surface area (Å²) in [5.74, 6) is 0.982. The second kappa shape index (κ2) is 6.55. The minimum absolute atomic E-state index is 0.907. The average Bonchev–Trinajstić information content (AvgIpc) is 2.93. The summed E-state index contributed by atoms with van der Waals surface area (Å²) in [6.07, 6.45) is 10.1. The summed E-state index contributed by atoms with van der Waals surface area (Å²) in [6, 6.07) is 1.84. The molecule has 1 N–H and O–H groups in total. The fourth-order valence-corrected chi connectivity index (χ4v) is 4.49. The molecule has 3 saturated heterocycles. The third-order valence-electron chi connectivity index (χ3n) is 5.76. The molecular weight excluding hydrogens is 234 g/mol. The molecule has 2 atom stereocenters. The van der Waals surface area contributed by atoms with Crippen molar-refractivity contribution in [3.8, 4) is 0 Å². The molecule has 3 heteroatoms. The molecule has 0 radical (unpaired) electrons. The predicted octanol–water partition coefficient (Wildman–Crippen LogP) is 1.93. The molecule has 0 saturated carbocycles. The minimum Gasteiger partial charge on any atom is -0.320 e. The maximum absolute atomic E-state index is 3.30. The van der Waals surface area contributed by atoms with Gasteiger partial charge in [0.1, 0.15) is 0 Å². The van der Waals surface area contributed by atoms with Gasteiger partial charge in [-0.2, -0.15) is 0 Å². The van der Waals surface area contributed by atoms with Gasteiger partial charge in [-0.05, 0) is 90.6 Å².